The lowest BCUT2D eigenvalue weighted by atomic mass is 10.3. The van der Waals surface area contributed by atoms with Crippen molar-refractivity contribution in [2.45, 2.75) is 32.2 Å². The summed E-state index contributed by atoms with van der Waals surface area (Å²) in [7, 11) is 0. The number of carbonyl (C=O) groups excluding carboxylic acids is 1. The van der Waals surface area contributed by atoms with E-state index in [1.54, 1.807) is 0 Å². The summed E-state index contributed by atoms with van der Waals surface area (Å²) < 4.78 is 0. The number of rotatable bonds is 1. The van der Waals surface area contributed by atoms with E-state index >= 15 is 0 Å². The summed E-state index contributed by atoms with van der Waals surface area (Å²) in [5.41, 5.74) is 0. The van der Waals surface area contributed by atoms with Crippen LogP contribution in [0.5, 0.6) is 0 Å². The van der Waals surface area contributed by atoms with Crippen LogP contribution in [0.4, 0.5) is 0 Å². The standard InChI is InChI=1S/C6H11NO4/c1-4(8)11-7-5(9)2-3-6(7)10/h5-6,9-10H,2-3H2,1H3. The van der Waals surface area contributed by atoms with Gasteiger partial charge in [-0.25, -0.2) is 0 Å². The first kappa shape index (κ1) is 8.45. The van der Waals surface area contributed by atoms with Gasteiger partial charge in [0.05, 0.1) is 0 Å². The van der Waals surface area contributed by atoms with E-state index in [1.807, 2.05) is 0 Å². The van der Waals surface area contributed by atoms with Crippen LogP contribution in [-0.2, 0) is 9.63 Å². The topological polar surface area (TPSA) is 70.0 Å². The number of aliphatic hydroxyl groups excluding tert-OH is 2. The number of aliphatic hydroxyl groups is 2. The molecule has 1 rings (SSSR count). The van der Waals surface area contributed by atoms with E-state index in [1.165, 1.54) is 6.92 Å². The number of nitrogens with zero attached hydrogens (tertiary/aromatic N) is 1. The Morgan fingerprint density at radius 3 is 2.27 bits per heavy atom. The van der Waals surface area contributed by atoms with Crippen LogP contribution < -0.4 is 0 Å². The third-order valence-electron chi connectivity index (χ3n) is 1.50. The van der Waals surface area contributed by atoms with E-state index < -0.39 is 18.4 Å². The minimum absolute atomic E-state index is 0.425. The van der Waals surface area contributed by atoms with Crippen molar-refractivity contribution in [3.63, 3.8) is 0 Å². The van der Waals surface area contributed by atoms with E-state index in [0.717, 1.165) is 5.06 Å². The molecule has 1 saturated heterocycles. The molecule has 0 spiro atoms. The molecule has 1 aliphatic heterocycles. The molecule has 2 unspecified atom stereocenters. The van der Waals surface area contributed by atoms with Crippen molar-refractivity contribution in [2.75, 3.05) is 0 Å². The summed E-state index contributed by atoms with van der Waals surface area (Å²) in [6.07, 6.45) is -0.883. The van der Waals surface area contributed by atoms with Crippen molar-refractivity contribution in [3.8, 4) is 0 Å². The summed E-state index contributed by atoms with van der Waals surface area (Å²) in [6.45, 7) is 1.22. The maximum Gasteiger partial charge on any atom is 0.322 e. The van der Waals surface area contributed by atoms with Gasteiger partial charge in [-0.2, -0.15) is 0 Å². The molecule has 2 N–H and O–H groups in total. The van der Waals surface area contributed by atoms with Gasteiger partial charge in [0.15, 0.2) is 0 Å². The zero-order valence-electron chi connectivity index (χ0n) is 6.23. The maximum atomic E-state index is 10.4. The molecule has 0 aromatic rings. The highest BCUT2D eigenvalue weighted by Gasteiger charge is 2.33. The SMILES string of the molecule is CC(=O)ON1C(O)CCC1O. The van der Waals surface area contributed by atoms with Crippen molar-refractivity contribution in [3.05, 3.63) is 0 Å². The van der Waals surface area contributed by atoms with Crippen LogP contribution in [0.3, 0.4) is 0 Å². The molecule has 2 atom stereocenters. The minimum atomic E-state index is -0.867. The second-order valence-corrected chi connectivity index (χ2v) is 2.48. The molecule has 1 fully saturated rings. The van der Waals surface area contributed by atoms with Crippen molar-refractivity contribution >= 4 is 5.97 Å². The van der Waals surface area contributed by atoms with Gasteiger partial charge in [0, 0.05) is 6.92 Å². The Labute approximate surface area is 64.1 Å². The van der Waals surface area contributed by atoms with Crippen LogP contribution >= 0.6 is 0 Å². The van der Waals surface area contributed by atoms with E-state index in [2.05, 4.69) is 4.84 Å². The van der Waals surface area contributed by atoms with Gasteiger partial charge in [0.1, 0.15) is 12.5 Å². The van der Waals surface area contributed by atoms with Crippen LogP contribution in [0.25, 0.3) is 0 Å². The highest BCUT2D eigenvalue weighted by molar-refractivity contribution is 5.65. The number of hydroxylamine groups is 2. The average Bonchev–Trinajstić information content (AvgIpc) is 2.18. The fourth-order valence-corrected chi connectivity index (χ4v) is 1.02. The summed E-state index contributed by atoms with van der Waals surface area (Å²) in [5.74, 6) is -0.537. The Balaban J connectivity index is 2.47. The highest BCUT2D eigenvalue weighted by Crippen LogP contribution is 2.20. The zero-order chi connectivity index (χ0) is 8.43. The molecule has 0 aliphatic carbocycles. The van der Waals surface area contributed by atoms with Crippen molar-refractivity contribution in [1.29, 1.82) is 0 Å². The first-order valence-corrected chi connectivity index (χ1v) is 3.44. The Morgan fingerprint density at radius 2 is 1.91 bits per heavy atom. The predicted molar refractivity (Wildman–Crippen MR) is 34.9 cm³/mol. The lowest BCUT2D eigenvalue weighted by molar-refractivity contribution is -0.259. The van der Waals surface area contributed by atoms with Crippen LogP contribution in [0.15, 0.2) is 0 Å². The average molecular weight is 161 g/mol. The molecule has 1 heterocycles. The van der Waals surface area contributed by atoms with Gasteiger partial charge >= 0.3 is 5.97 Å². The largest absolute Gasteiger partial charge is 0.375 e. The predicted octanol–water partition coefficient (Wildman–Crippen LogP) is -0.803. The van der Waals surface area contributed by atoms with Gasteiger partial charge in [-0.15, -0.1) is 0 Å². The molecule has 0 bridgehead atoms. The van der Waals surface area contributed by atoms with Crippen LogP contribution in [0.1, 0.15) is 19.8 Å². The number of carbonyl (C=O) groups is 1. The van der Waals surface area contributed by atoms with Gasteiger partial charge in [0.2, 0.25) is 0 Å². The third-order valence-corrected chi connectivity index (χ3v) is 1.50. The van der Waals surface area contributed by atoms with Crippen molar-refractivity contribution in [2.24, 2.45) is 0 Å². The van der Waals surface area contributed by atoms with Gasteiger partial charge in [-0.1, -0.05) is 5.06 Å². The summed E-state index contributed by atoms with van der Waals surface area (Å²) >= 11 is 0. The molecular weight excluding hydrogens is 150 g/mol. The van der Waals surface area contributed by atoms with Crippen molar-refractivity contribution in [1.82, 2.24) is 5.06 Å². The molecule has 0 radical (unpaired) electrons. The third kappa shape index (κ3) is 1.89. The molecule has 1 aliphatic rings. The van der Waals surface area contributed by atoms with Gasteiger partial charge < -0.3 is 15.1 Å². The molecule has 11 heavy (non-hydrogen) atoms. The second-order valence-electron chi connectivity index (χ2n) is 2.48. The molecule has 5 heteroatoms. The first-order chi connectivity index (χ1) is 5.11. The monoisotopic (exact) mass is 161 g/mol. The molecule has 0 aromatic carbocycles. The summed E-state index contributed by atoms with van der Waals surface area (Å²) in [5, 5.41) is 19.1. The lowest BCUT2D eigenvalue weighted by Gasteiger charge is -2.20. The molecule has 0 aromatic heterocycles. The molecule has 0 saturated carbocycles. The second kappa shape index (κ2) is 3.17. The van der Waals surface area contributed by atoms with Crippen molar-refractivity contribution < 1.29 is 19.8 Å². The quantitative estimate of drug-likeness (QED) is 0.526. The van der Waals surface area contributed by atoms with Gasteiger partial charge in [-0.3, -0.25) is 4.79 Å². The van der Waals surface area contributed by atoms with E-state index in [0.29, 0.717) is 12.8 Å². The van der Waals surface area contributed by atoms with E-state index in [9.17, 15) is 4.79 Å². The zero-order valence-corrected chi connectivity index (χ0v) is 6.23. The highest BCUT2D eigenvalue weighted by atomic mass is 16.7. The van der Waals surface area contributed by atoms with E-state index in [-0.39, 0.29) is 0 Å². The normalized spacial score (nSPS) is 32.3. The molecule has 5 nitrogen and oxygen atoms in total. The minimum Gasteiger partial charge on any atom is -0.375 e. The fraction of sp³-hybridized carbons (Fsp3) is 0.833. The van der Waals surface area contributed by atoms with Crippen LogP contribution in [0.2, 0.25) is 0 Å². The van der Waals surface area contributed by atoms with Crippen LogP contribution in [0, 0.1) is 0 Å². The van der Waals surface area contributed by atoms with Gasteiger partial charge in [0.25, 0.3) is 0 Å². The van der Waals surface area contributed by atoms with E-state index in [4.69, 9.17) is 10.2 Å². The smallest absolute Gasteiger partial charge is 0.322 e. The van der Waals surface area contributed by atoms with Gasteiger partial charge in [-0.05, 0) is 12.8 Å². The molecule has 0 amide bonds. The first-order valence-electron chi connectivity index (χ1n) is 3.44. The van der Waals surface area contributed by atoms with Crippen LogP contribution in [-0.4, -0.2) is 33.7 Å². The Kier molecular flexibility index (Phi) is 2.43. The fourth-order valence-electron chi connectivity index (χ4n) is 1.02. The Morgan fingerprint density at radius 1 is 1.45 bits per heavy atom. The molecular formula is C6H11NO4. The number of hydrogen-bond donors (Lipinski definition) is 2. The summed E-state index contributed by atoms with van der Waals surface area (Å²) in [6, 6.07) is 0. The summed E-state index contributed by atoms with van der Waals surface area (Å²) in [4.78, 5) is 14.9. The molecule has 64 valence electrons. The Hall–Kier alpha value is -0.650. The number of hydrogen-bond acceptors (Lipinski definition) is 5. The lowest BCUT2D eigenvalue weighted by Crippen LogP contribution is -2.37. The maximum absolute atomic E-state index is 10.4. The Bertz CT molecular complexity index is 151.